The Kier molecular flexibility index (Phi) is 5.60. The predicted molar refractivity (Wildman–Crippen MR) is 136 cm³/mol. The van der Waals surface area contributed by atoms with Crippen molar-refractivity contribution in [2.45, 2.75) is 38.9 Å². The number of hydrogen-bond acceptors (Lipinski definition) is 4. The second-order valence-electron chi connectivity index (χ2n) is 9.71. The van der Waals surface area contributed by atoms with Crippen LogP contribution >= 0.6 is 11.6 Å². The average Bonchev–Trinajstić information content (AvgIpc) is 3.52. The van der Waals surface area contributed by atoms with E-state index in [1.165, 1.54) is 0 Å². The van der Waals surface area contributed by atoms with E-state index < -0.39 is 6.17 Å². The number of rotatable bonds is 5. The van der Waals surface area contributed by atoms with E-state index in [-0.39, 0.29) is 5.91 Å². The van der Waals surface area contributed by atoms with Gasteiger partial charge in [-0.25, -0.2) is 14.4 Å². The third kappa shape index (κ3) is 4.12. The summed E-state index contributed by atoms with van der Waals surface area (Å²) in [5.41, 5.74) is 3.88. The second kappa shape index (κ2) is 8.79. The van der Waals surface area contributed by atoms with E-state index in [0.717, 1.165) is 41.1 Å². The Labute approximate surface area is 208 Å². The molecule has 8 heteroatoms. The van der Waals surface area contributed by atoms with Crippen molar-refractivity contribution in [1.82, 2.24) is 19.7 Å². The maximum absolute atomic E-state index is 13.7. The molecular weight excluding hydrogens is 465 g/mol. The fourth-order valence-corrected chi connectivity index (χ4v) is 5.84. The molecule has 0 bridgehead atoms. The SMILES string of the molecule is CCc1nc2ccc(Cl)cn2c1C(=O)NCc1ccc2nc(N3CC4CC(F)CC4C3)ccc2c1. The normalized spacial score (nSPS) is 21.7. The molecule has 1 aliphatic carbocycles. The maximum atomic E-state index is 13.7. The van der Waals surface area contributed by atoms with Gasteiger partial charge < -0.3 is 10.2 Å². The summed E-state index contributed by atoms with van der Waals surface area (Å²) < 4.78 is 15.4. The first-order chi connectivity index (χ1) is 17.0. The van der Waals surface area contributed by atoms with Gasteiger partial charge in [-0.05, 0) is 73.1 Å². The minimum atomic E-state index is -0.630. The fourth-order valence-electron chi connectivity index (χ4n) is 5.68. The lowest BCUT2D eigenvalue weighted by atomic mass is 10.0. The Hall–Kier alpha value is -3.19. The highest BCUT2D eigenvalue weighted by atomic mass is 35.5. The molecular formula is C27H27ClFN5O. The molecule has 2 aliphatic rings. The summed E-state index contributed by atoms with van der Waals surface area (Å²) in [7, 11) is 0. The van der Waals surface area contributed by atoms with Crippen LogP contribution in [0.5, 0.6) is 0 Å². The van der Waals surface area contributed by atoms with Crippen molar-refractivity contribution in [3.63, 3.8) is 0 Å². The summed E-state index contributed by atoms with van der Waals surface area (Å²) in [6, 6.07) is 13.8. The number of alkyl halides is 1. The monoisotopic (exact) mass is 491 g/mol. The van der Waals surface area contributed by atoms with E-state index in [4.69, 9.17) is 16.6 Å². The topological polar surface area (TPSA) is 62.5 Å². The Bertz CT molecular complexity index is 1420. The van der Waals surface area contributed by atoms with E-state index in [2.05, 4.69) is 27.3 Å². The quantitative estimate of drug-likeness (QED) is 0.416. The standard InChI is InChI=1S/C27H27ClFN5O/c1-2-22-26(34-15-20(28)5-8-25(34)31-22)27(35)30-12-16-3-6-23-17(9-16)4-7-24(32-23)33-13-18-10-21(29)11-19(18)14-33/h3-9,15,18-19,21H,2,10-14H2,1H3,(H,30,35). The van der Waals surface area contributed by atoms with Gasteiger partial charge in [0.2, 0.25) is 0 Å². The van der Waals surface area contributed by atoms with Crippen LogP contribution in [0.25, 0.3) is 16.6 Å². The van der Waals surface area contributed by atoms with E-state index in [1.54, 1.807) is 16.7 Å². The van der Waals surface area contributed by atoms with Crippen molar-refractivity contribution in [2.75, 3.05) is 18.0 Å². The average molecular weight is 492 g/mol. The fraction of sp³-hybridized carbons (Fsp3) is 0.370. The zero-order chi connectivity index (χ0) is 24.1. The second-order valence-corrected chi connectivity index (χ2v) is 10.1. The van der Waals surface area contributed by atoms with Crippen molar-refractivity contribution in [1.29, 1.82) is 0 Å². The van der Waals surface area contributed by atoms with Gasteiger partial charge in [0.15, 0.2) is 0 Å². The van der Waals surface area contributed by atoms with Gasteiger partial charge in [-0.15, -0.1) is 0 Å². The summed E-state index contributed by atoms with van der Waals surface area (Å²) in [6.45, 7) is 4.16. The van der Waals surface area contributed by atoms with Crippen LogP contribution < -0.4 is 10.2 Å². The van der Waals surface area contributed by atoms with E-state index in [1.807, 2.05) is 31.2 Å². The molecule has 2 atom stereocenters. The highest BCUT2D eigenvalue weighted by molar-refractivity contribution is 6.30. The van der Waals surface area contributed by atoms with Crippen molar-refractivity contribution in [3.05, 3.63) is 70.6 Å². The van der Waals surface area contributed by atoms with Crippen LogP contribution in [-0.2, 0) is 13.0 Å². The Morgan fingerprint density at radius 3 is 2.69 bits per heavy atom. The number of halogens is 2. The van der Waals surface area contributed by atoms with Crippen molar-refractivity contribution in [2.24, 2.45) is 11.8 Å². The predicted octanol–water partition coefficient (Wildman–Crippen LogP) is 5.21. The molecule has 4 aromatic rings. The molecule has 4 heterocycles. The van der Waals surface area contributed by atoms with Gasteiger partial charge in [0.25, 0.3) is 5.91 Å². The van der Waals surface area contributed by atoms with Crippen LogP contribution in [0.3, 0.4) is 0 Å². The molecule has 1 aliphatic heterocycles. The largest absolute Gasteiger partial charge is 0.356 e. The third-order valence-corrected chi connectivity index (χ3v) is 7.64. The molecule has 35 heavy (non-hydrogen) atoms. The van der Waals surface area contributed by atoms with Crippen LogP contribution in [0.1, 0.15) is 41.5 Å². The van der Waals surface area contributed by atoms with Crippen LogP contribution in [0.2, 0.25) is 5.02 Å². The van der Waals surface area contributed by atoms with E-state index in [0.29, 0.717) is 54.0 Å². The molecule has 0 radical (unpaired) electrons. The van der Waals surface area contributed by atoms with Gasteiger partial charge in [-0.2, -0.15) is 0 Å². The summed E-state index contributed by atoms with van der Waals surface area (Å²) >= 11 is 6.15. The van der Waals surface area contributed by atoms with Crippen LogP contribution in [0, 0.1) is 11.8 Å². The van der Waals surface area contributed by atoms with Gasteiger partial charge in [0.05, 0.1) is 16.2 Å². The number of nitrogens with zero attached hydrogens (tertiary/aromatic N) is 4. The molecule has 2 fully saturated rings. The third-order valence-electron chi connectivity index (χ3n) is 7.41. The summed E-state index contributed by atoms with van der Waals surface area (Å²) in [5.74, 6) is 1.68. The van der Waals surface area contributed by atoms with Crippen molar-refractivity contribution in [3.8, 4) is 0 Å². The Balaban J connectivity index is 1.17. The lowest BCUT2D eigenvalue weighted by Gasteiger charge is -2.19. The first-order valence-corrected chi connectivity index (χ1v) is 12.6. The van der Waals surface area contributed by atoms with Crippen LogP contribution in [0.15, 0.2) is 48.7 Å². The summed E-state index contributed by atoms with van der Waals surface area (Å²) in [4.78, 5) is 24.8. The Morgan fingerprint density at radius 2 is 1.91 bits per heavy atom. The number of imidazole rings is 1. The molecule has 1 saturated heterocycles. The number of nitrogens with one attached hydrogen (secondary N) is 1. The van der Waals surface area contributed by atoms with Crippen molar-refractivity contribution >= 4 is 39.9 Å². The minimum absolute atomic E-state index is 0.180. The van der Waals surface area contributed by atoms with E-state index in [9.17, 15) is 9.18 Å². The number of anilines is 1. The molecule has 1 N–H and O–H groups in total. The molecule has 2 unspecified atom stereocenters. The molecule has 1 amide bonds. The number of hydrogen-bond donors (Lipinski definition) is 1. The van der Waals surface area contributed by atoms with Gasteiger partial charge >= 0.3 is 0 Å². The minimum Gasteiger partial charge on any atom is -0.356 e. The molecule has 1 aromatic carbocycles. The van der Waals surface area contributed by atoms with Gasteiger partial charge in [0, 0.05) is 31.2 Å². The lowest BCUT2D eigenvalue weighted by Crippen LogP contribution is -2.25. The number of carbonyl (C=O) groups excluding carboxylic acids is 1. The highest BCUT2D eigenvalue weighted by Crippen LogP contribution is 2.40. The number of carbonyl (C=O) groups is 1. The lowest BCUT2D eigenvalue weighted by molar-refractivity contribution is 0.0944. The smallest absolute Gasteiger partial charge is 0.270 e. The number of aromatic nitrogens is 3. The number of amides is 1. The first-order valence-electron chi connectivity index (χ1n) is 12.2. The molecule has 6 rings (SSSR count). The van der Waals surface area contributed by atoms with Gasteiger partial charge in [-0.1, -0.05) is 24.6 Å². The first kappa shape index (κ1) is 22.3. The summed E-state index contributed by atoms with van der Waals surface area (Å²) in [6.07, 6.45) is 3.12. The number of aryl methyl sites for hydroxylation is 1. The molecule has 0 spiro atoms. The molecule has 6 nitrogen and oxygen atoms in total. The van der Waals surface area contributed by atoms with E-state index >= 15 is 0 Å². The number of benzene rings is 1. The number of pyridine rings is 2. The van der Waals surface area contributed by atoms with Crippen LogP contribution in [-0.4, -0.2) is 39.5 Å². The molecule has 180 valence electrons. The molecule has 3 aromatic heterocycles. The van der Waals surface area contributed by atoms with Crippen LogP contribution in [0.4, 0.5) is 10.2 Å². The number of fused-ring (bicyclic) bond motifs is 3. The van der Waals surface area contributed by atoms with Crippen molar-refractivity contribution < 1.29 is 9.18 Å². The van der Waals surface area contributed by atoms with Gasteiger partial charge in [0.1, 0.15) is 23.3 Å². The summed E-state index contributed by atoms with van der Waals surface area (Å²) in [5, 5.41) is 4.61. The highest BCUT2D eigenvalue weighted by Gasteiger charge is 2.41. The Morgan fingerprint density at radius 1 is 1.11 bits per heavy atom. The maximum Gasteiger partial charge on any atom is 0.270 e. The zero-order valence-electron chi connectivity index (χ0n) is 19.5. The van der Waals surface area contributed by atoms with Gasteiger partial charge in [-0.3, -0.25) is 9.20 Å². The molecule has 1 saturated carbocycles. The zero-order valence-corrected chi connectivity index (χ0v) is 20.3.